The van der Waals surface area contributed by atoms with E-state index in [9.17, 15) is 0 Å². The standard InChI is InChI=1S/C22H18ClN3/c23-17-11-5-4-10-16(17)21-14-19(15-8-2-1-3-9-15)25-22-24-18-12-6-7-13-20(18)26(21)22/h1-13,19,21H,14H2,(H,24,25)/t19-,21-/m0/s1. The van der Waals surface area contributed by atoms with Crippen LogP contribution in [0.1, 0.15) is 29.6 Å². The Morgan fingerprint density at radius 3 is 2.46 bits per heavy atom. The van der Waals surface area contributed by atoms with Crippen LogP contribution in [-0.2, 0) is 0 Å². The quantitative estimate of drug-likeness (QED) is 0.487. The number of halogens is 1. The van der Waals surface area contributed by atoms with Crippen molar-refractivity contribution in [2.45, 2.75) is 18.5 Å². The van der Waals surface area contributed by atoms with Gasteiger partial charge in [0, 0.05) is 5.02 Å². The van der Waals surface area contributed by atoms with E-state index in [0.717, 1.165) is 34.0 Å². The van der Waals surface area contributed by atoms with E-state index in [0.29, 0.717) is 0 Å². The minimum Gasteiger partial charge on any atom is -0.349 e. The molecule has 0 saturated carbocycles. The van der Waals surface area contributed by atoms with Gasteiger partial charge in [0.25, 0.3) is 0 Å². The van der Waals surface area contributed by atoms with Crippen LogP contribution in [0.15, 0.2) is 78.9 Å². The molecule has 26 heavy (non-hydrogen) atoms. The smallest absolute Gasteiger partial charge is 0.204 e. The predicted octanol–water partition coefficient (Wildman–Crippen LogP) is 5.84. The summed E-state index contributed by atoms with van der Waals surface area (Å²) in [7, 11) is 0. The summed E-state index contributed by atoms with van der Waals surface area (Å²) in [5, 5.41) is 4.43. The largest absolute Gasteiger partial charge is 0.349 e. The maximum Gasteiger partial charge on any atom is 0.204 e. The van der Waals surface area contributed by atoms with E-state index in [2.05, 4.69) is 64.5 Å². The lowest BCUT2D eigenvalue weighted by Crippen LogP contribution is -2.27. The number of hydrogen-bond acceptors (Lipinski definition) is 2. The molecule has 1 aliphatic rings. The fraction of sp³-hybridized carbons (Fsp3) is 0.136. The van der Waals surface area contributed by atoms with E-state index in [4.69, 9.17) is 16.6 Å². The first kappa shape index (κ1) is 15.5. The number of para-hydroxylation sites is 2. The zero-order valence-electron chi connectivity index (χ0n) is 14.1. The molecule has 0 bridgehead atoms. The molecule has 5 rings (SSSR count). The van der Waals surface area contributed by atoms with Crippen LogP contribution in [0.4, 0.5) is 5.95 Å². The highest BCUT2D eigenvalue weighted by Gasteiger charge is 2.31. The monoisotopic (exact) mass is 359 g/mol. The second-order valence-electron chi connectivity index (χ2n) is 6.67. The van der Waals surface area contributed by atoms with Crippen molar-refractivity contribution in [1.29, 1.82) is 0 Å². The second-order valence-corrected chi connectivity index (χ2v) is 7.08. The van der Waals surface area contributed by atoms with Crippen LogP contribution in [0.3, 0.4) is 0 Å². The second kappa shape index (κ2) is 6.19. The minimum absolute atomic E-state index is 0.137. The van der Waals surface area contributed by atoms with Crippen molar-refractivity contribution in [3.05, 3.63) is 95.0 Å². The average Bonchev–Trinajstić information content (AvgIpc) is 3.07. The first-order chi connectivity index (χ1) is 12.8. The van der Waals surface area contributed by atoms with Crippen molar-refractivity contribution >= 4 is 28.6 Å². The molecule has 2 atom stereocenters. The summed E-state index contributed by atoms with van der Waals surface area (Å²) in [6, 6.07) is 27.3. The molecule has 0 aliphatic carbocycles. The molecule has 3 nitrogen and oxygen atoms in total. The van der Waals surface area contributed by atoms with Crippen LogP contribution < -0.4 is 5.32 Å². The van der Waals surface area contributed by atoms with E-state index < -0.39 is 0 Å². The number of benzene rings is 3. The summed E-state index contributed by atoms with van der Waals surface area (Å²) in [5.74, 6) is 0.899. The van der Waals surface area contributed by atoms with Gasteiger partial charge in [-0.1, -0.05) is 72.3 Å². The van der Waals surface area contributed by atoms with Crippen LogP contribution in [0.25, 0.3) is 11.0 Å². The minimum atomic E-state index is 0.137. The van der Waals surface area contributed by atoms with Crippen molar-refractivity contribution in [2.75, 3.05) is 5.32 Å². The first-order valence-corrected chi connectivity index (χ1v) is 9.22. The number of nitrogens with one attached hydrogen (secondary N) is 1. The fourth-order valence-electron chi connectivity index (χ4n) is 3.92. The molecular formula is C22H18ClN3. The van der Waals surface area contributed by atoms with Gasteiger partial charge in [-0.05, 0) is 35.7 Å². The van der Waals surface area contributed by atoms with E-state index >= 15 is 0 Å². The Labute approximate surface area is 157 Å². The Bertz CT molecular complexity index is 1070. The molecule has 2 heterocycles. The molecule has 0 unspecified atom stereocenters. The molecule has 0 amide bonds. The van der Waals surface area contributed by atoms with Crippen LogP contribution in [0.2, 0.25) is 5.02 Å². The molecule has 128 valence electrons. The van der Waals surface area contributed by atoms with Gasteiger partial charge in [-0.15, -0.1) is 0 Å². The zero-order valence-corrected chi connectivity index (χ0v) is 14.9. The molecule has 0 fully saturated rings. The van der Waals surface area contributed by atoms with Crippen LogP contribution in [0.5, 0.6) is 0 Å². The Kier molecular flexibility index (Phi) is 3.68. The lowest BCUT2D eigenvalue weighted by atomic mass is 9.93. The molecule has 0 spiro atoms. The molecule has 4 heteroatoms. The Morgan fingerprint density at radius 1 is 0.885 bits per heavy atom. The third-order valence-corrected chi connectivity index (χ3v) is 5.48. The molecule has 4 aromatic rings. The van der Waals surface area contributed by atoms with Gasteiger partial charge in [0.15, 0.2) is 0 Å². The lowest BCUT2D eigenvalue weighted by Gasteiger charge is -2.34. The average molecular weight is 360 g/mol. The van der Waals surface area contributed by atoms with E-state index in [-0.39, 0.29) is 12.1 Å². The summed E-state index contributed by atoms with van der Waals surface area (Å²) in [6.07, 6.45) is 0.918. The van der Waals surface area contributed by atoms with Crippen molar-refractivity contribution in [2.24, 2.45) is 0 Å². The summed E-state index contributed by atoms with van der Waals surface area (Å²) in [5.41, 5.74) is 4.54. The molecule has 1 aliphatic heterocycles. The number of rotatable bonds is 2. The van der Waals surface area contributed by atoms with Crippen LogP contribution in [-0.4, -0.2) is 9.55 Å². The lowest BCUT2D eigenvalue weighted by molar-refractivity contribution is 0.477. The molecule has 1 N–H and O–H groups in total. The summed E-state index contributed by atoms with van der Waals surface area (Å²) >= 11 is 6.58. The Balaban J connectivity index is 1.71. The van der Waals surface area contributed by atoms with Gasteiger partial charge in [-0.25, -0.2) is 4.98 Å². The number of aromatic nitrogens is 2. The van der Waals surface area contributed by atoms with Gasteiger partial charge in [-0.3, -0.25) is 0 Å². The molecule has 0 saturated heterocycles. The third-order valence-electron chi connectivity index (χ3n) is 5.14. The highest BCUT2D eigenvalue weighted by atomic mass is 35.5. The topological polar surface area (TPSA) is 29.9 Å². The summed E-state index contributed by atoms with van der Waals surface area (Å²) in [4.78, 5) is 4.84. The highest BCUT2D eigenvalue weighted by Crippen LogP contribution is 2.42. The van der Waals surface area contributed by atoms with Crippen molar-refractivity contribution in [1.82, 2.24) is 9.55 Å². The number of fused-ring (bicyclic) bond motifs is 3. The van der Waals surface area contributed by atoms with Crippen molar-refractivity contribution in [3.8, 4) is 0 Å². The predicted molar refractivity (Wildman–Crippen MR) is 107 cm³/mol. The van der Waals surface area contributed by atoms with Crippen LogP contribution in [0, 0.1) is 0 Å². The van der Waals surface area contributed by atoms with Crippen LogP contribution >= 0.6 is 11.6 Å². The van der Waals surface area contributed by atoms with E-state index in [1.54, 1.807) is 0 Å². The Hall–Kier alpha value is -2.78. The maximum absolute atomic E-state index is 6.58. The number of imidazole rings is 1. The Morgan fingerprint density at radius 2 is 1.62 bits per heavy atom. The van der Waals surface area contributed by atoms with Gasteiger partial charge < -0.3 is 9.88 Å². The number of anilines is 1. The van der Waals surface area contributed by atoms with Gasteiger partial charge in [0.05, 0.1) is 23.1 Å². The van der Waals surface area contributed by atoms with Crippen molar-refractivity contribution < 1.29 is 0 Å². The summed E-state index contributed by atoms with van der Waals surface area (Å²) < 4.78 is 2.29. The highest BCUT2D eigenvalue weighted by molar-refractivity contribution is 6.31. The van der Waals surface area contributed by atoms with Gasteiger partial charge in [0.1, 0.15) is 0 Å². The SMILES string of the molecule is Clc1ccccc1[C@@H]1C[C@@H](c2ccccc2)Nc2nc3ccccc3n21. The fourth-order valence-corrected chi connectivity index (χ4v) is 4.18. The molecule has 1 aromatic heterocycles. The maximum atomic E-state index is 6.58. The number of hydrogen-bond donors (Lipinski definition) is 1. The molecular weight excluding hydrogens is 342 g/mol. The normalized spacial score (nSPS) is 19.1. The van der Waals surface area contributed by atoms with Gasteiger partial charge >= 0.3 is 0 Å². The first-order valence-electron chi connectivity index (χ1n) is 8.84. The molecule has 3 aromatic carbocycles. The van der Waals surface area contributed by atoms with Gasteiger partial charge in [0.2, 0.25) is 5.95 Å². The van der Waals surface area contributed by atoms with Gasteiger partial charge in [-0.2, -0.15) is 0 Å². The van der Waals surface area contributed by atoms with E-state index in [1.165, 1.54) is 5.56 Å². The summed E-state index contributed by atoms with van der Waals surface area (Å²) in [6.45, 7) is 0. The zero-order chi connectivity index (χ0) is 17.5. The third kappa shape index (κ3) is 2.47. The number of nitrogens with zero attached hydrogens (tertiary/aromatic N) is 2. The van der Waals surface area contributed by atoms with E-state index in [1.807, 2.05) is 24.3 Å². The molecule has 0 radical (unpaired) electrons. The van der Waals surface area contributed by atoms with Crippen molar-refractivity contribution in [3.63, 3.8) is 0 Å².